The summed E-state index contributed by atoms with van der Waals surface area (Å²) in [6, 6.07) is 6.39. The van der Waals surface area contributed by atoms with Crippen LogP contribution in [0.4, 0.5) is 0 Å². The van der Waals surface area contributed by atoms with Gasteiger partial charge in [-0.1, -0.05) is 19.0 Å². The number of benzene rings is 1. The lowest BCUT2D eigenvalue weighted by atomic mass is 10.1. The molecule has 5 nitrogen and oxygen atoms in total. The zero-order valence-corrected chi connectivity index (χ0v) is 11.0. The Morgan fingerprint density at radius 3 is 2.58 bits per heavy atom. The van der Waals surface area contributed by atoms with Crippen molar-refractivity contribution < 1.29 is 14.4 Å². The fourth-order valence-electron chi connectivity index (χ4n) is 1.65. The van der Waals surface area contributed by atoms with Crippen molar-refractivity contribution in [2.45, 2.75) is 26.7 Å². The number of nitrogens with zero attached hydrogens (tertiary/aromatic N) is 2. The second-order valence-electron chi connectivity index (χ2n) is 4.83. The molecule has 0 saturated carbocycles. The van der Waals surface area contributed by atoms with E-state index >= 15 is 0 Å². The van der Waals surface area contributed by atoms with Crippen molar-refractivity contribution in [3.8, 4) is 11.5 Å². The summed E-state index contributed by atoms with van der Waals surface area (Å²) in [6.45, 7) is 4.29. The number of aromatic nitrogens is 2. The van der Waals surface area contributed by atoms with Crippen LogP contribution in [0.1, 0.15) is 36.5 Å². The molecule has 1 aromatic carbocycles. The van der Waals surface area contributed by atoms with Crippen LogP contribution in [0.3, 0.4) is 0 Å². The third kappa shape index (κ3) is 3.40. The minimum Gasteiger partial charge on any atom is -0.478 e. The predicted octanol–water partition coefficient (Wildman–Crippen LogP) is 3.02. The molecule has 0 aliphatic carbocycles. The van der Waals surface area contributed by atoms with E-state index in [0.717, 1.165) is 18.4 Å². The van der Waals surface area contributed by atoms with Crippen LogP contribution in [-0.2, 0) is 6.42 Å². The fraction of sp³-hybridized carbons (Fsp3) is 0.357. The van der Waals surface area contributed by atoms with Crippen LogP contribution in [0, 0.1) is 5.92 Å². The highest BCUT2D eigenvalue weighted by molar-refractivity contribution is 5.88. The number of carboxylic acid groups (broad SMARTS) is 1. The van der Waals surface area contributed by atoms with Gasteiger partial charge in [0.05, 0.1) is 5.56 Å². The smallest absolute Gasteiger partial charge is 0.335 e. The van der Waals surface area contributed by atoms with Crippen molar-refractivity contribution in [1.82, 2.24) is 10.1 Å². The van der Waals surface area contributed by atoms with Gasteiger partial charge in [-0.3, -0.25) is 0 Å². The molecule has 0 atom stereocenters. The van der Waals surface area contributed by atoms with Gasteiger partial charge in [-0.05, 0) is 36.6 Å². The zero-order valence-electron chi connectivity index (χ0n) is 11.0. The monoisotopic (exact) mass is 260 g/mol. The lowest BCUT2D eigenvalue weighted by Gasteiger charge is -1.98. The van der Waals surface area contributed by atoms with E-state index in [-0.39, 0.29) is 5.56 Å². The van der Waals surface area contributed by atoms with E-state index in [9.17, 15) is 4.79 Å². The van der Waals surface area contributed by atoms with Gasteiger partial charge in [0, 0.05) is 12.0 Å². The third-order valence-corrected chi connectivity index (χ3v) is 2.79. The van der Waals surface area contributed by atoms with Crippen molar-refractivity contribution >= 4 is 5.97 Å². The standard InChI is InChI=1S/C14H16N2O3/c1-9(2)3-8-12-15-13(19-16-12)10-4-6-11(7-5-10)14(17)18/h4-7,9H,3,8H2,1-2H3,(H,17,18). The Morgan fingerprint density at radius 1 is 1.32 bits per heavy atom. The number of hydrogen-bond acceptors (Lipinski definition) is 4. The van der Waals surface area contributed by atoms with E-state index < -0.39 is 5.97 Å². The highest BCUT2D eigenvalue weighted by Crippen LogP contribution is 2.18. The van der Waals surface area contributed by atoms with E-state index in [1.165, 1.54) is 12.1 Å². The molecule has 2 aromatic rings. The summed E-state index contributed by atoms with van der Waals surface area (Å²) < 4.78 is 5.17. The Bertz CT molecular complexity index is 558. The van der Waals surface area contributed by atoms with Gasteiger partial charge in [-0.2, -0.15) is 4.98 Å². The molecular weight excluding hydrogens is 244 g/mol. The molecule has 1 aromatic heterocycles. The molecule has 0 aliphatic rings. The summed E-state index contributed by atoms with van der Waals surface area (Å²) in [5.74, 6) is 0.758. The molecule has 0 bridgehead atoms. The molecular formula is C14H16N2O3. The van der Waals surface area contributed by atoms with E-state index in [1.54, 1.807) is 12.1 Å². The number of rotatable bonds is 5. The highest BCUT2D eigenvalue weighted by Gasteiger charge is 2.10. The predicted molar refractivity (Wildman–Crippen MR) is 69.9 cm³/mol. The molecule has 100 valence electrons. The molecule has 5 heteroatoms. The summed E-state index contributed by atoms with van der Waals surface area (Å²) >= 11 is 0. The maximum atomic E-state index is 10.8. The van der Waals surface area contributed by atoms with Gasteiger partial charge >= 0.3 is 5.97 Å². The SMILES string of the molecule is CC(C)CCc1noc(-c2ccc(C(=O)O)cc2)n1. The number of aromatic carboxylic acids is 1. The largest absolute Gasteiger partial charge is 0.478 e. The Morgan fingerprint density at radius 2 is 2.00 bits per heavy atom. The van der Waals surface area contributed by atoms with Crippen molar-refractivity contribution in [3.05, 3.63) is 35.7 Å². The molecule has 0 spiro atoms. The van der Waals surface area contributed by atoms with Crippen LogP contribution in [0.5, 0.6) is 0 Å². The molecule has 0 fully saturated rings. The molecule has 1 heterocycles. The van der Waals surface area contributed by atoms with Gasteiger partial charge < -0.3 is 9.63 Å². The first-order chi connectivity index (χ1) is 9.06. The van der Waals surface area contributed by atoms with Crippen LogP contribution in [0.2, 0.25) is 0 Å². The normalized spacial score (nSPS) is 10.9. The Kier molecular flexibility index (Phi) is 3.94. The zero-order chi connectivity index (χ0) is 13.8. The van der Waals surface area contributed by atoms with Gasteiger partial charge in [0.15, 0.2) is 5.82 Å². The van der Waals surface area contributed by atoms with Crippen molar-refractivity contribution in [3.63, 3.8) is 0 Å². The lowest BCUT2D eigenvalue weighted by Crippen LogP contribution is -1.95. The molecule has 0 unspecified atom stereocenters. The molecule has 1 N–H and O–H groups in total. The van der Waals surface area contributed by atoms with Crippen molar-refractivity contribution in [2.75, 3.05) is 0 Å². The number of aryl methyl sites for hydroxylation is 1. The summed E-state index contributed by atoms with van der Waals surface area (Å²) in [7, 11) is 0. The molecule has 0 amide bonds. The van der Waals surface area contributed by atoms with Crippen LogP contribution in [0.15, 0.2) is 28.8 Å². The van der Waals surface area contributed by atoms with E-state index in [2.05, 4.69) is 24.0 Å². The average molecular weight is 260 g/mol. The first kappa shape index (κ1) is 13.3. The van der Waals surface area contributed by atoms with Gasteiger partial charge in [0.1, 0.15) is 0 Å². The Hall–Kier alpha value is -2.17. The highest BCUT2D eigenvalue weighted by atomic mass is 16.5. The Balaban J connectivity index is 2.11. The molecule has 0 radical (unpaired) electrons. The van der Waals surface area contributed by atoms with Crippen LogP contribution >= 0.6 is 0 Å². The van der Waals surface area contributed by atoms with Crippen LogP contribution in [-0.4, -0.2) is 21.2 Å². The van der Waals surface area contributed by atoms with Crippen LogP contribution in [0.25, 0.3) is 11.5 Å². The molecule has 2 rings (SSSR count). The van der Waals surface area contributed by atoms with E-state index in [4.69, 9.17) is 9.63 Å². The second-order valence-corrected chi connectivity index (χ2v) is 4.83. The minimum atomic E-state index is -0.949. The van der Waals surface area contributed by atoms with Crippen LogP contribution < -0.4 is 0 Å². The fourth-order valence-corrected chi connectivity index (χ4v) is 1.65. The van der Waals surface area contributed by atoms with Crippen molar-refractivity contribution in [1.29, 1.82) is 0 Å². The summed E-state index contributed by atoms with van der Waals surface area (Å²) in [4.78, 5) is 15.1. The van der Waals surface area contributed by atoms with Crippen molar-refractivity contribution in [2.24, 2.45) is 5.92 Å². The van der Waals surface area contributed by atoms with Gasteiger partial charge in [0.2, 0.25) is 0 Å². The third-order valence-electron chi connectivity index (χ3n) is 2.79. The summed E-state index contributed by atoms with van der Waals surface area (Å²) in [6.07, 6.45) is 1.80. The molecule has 0 saturated heterocycles. The van der Waals surface area contributed by atoms with E-state index in [0.29, 0.717) is 17.6 Å². The van der Waals surface area contributed by atoms with Gasteiger partial charge in [0.25, 0.3) is 5.89 Å². The topological polar surface area (TPSA) is 76.2 Å². The summed E-state index contributed by atoms with van der Waals surface area (Å²) in [5.41, 5.74) is 0.969. The number of carboxylic acids is 1. The van der Waals surface area contributed by atoms with E-state index in [1.807, 2.05) is 0 Å². The number of hydrogen-bond donors (Lipinski definition) is 1. The quantitative estimate of drug-likeness (QED) is 0.894. The first-order valence-corrected chi connectivity index (χ1v) is 6.22. The lowest BCUT2D eigenvalue weighted by molar-refractivity contribution is 0.0697. The van der Waals surface area contributed by atoms with Gasteiger partial charge in [-0.25, -0.2) is 4.79 Å². The average Bonchev–Trinajstić information content (AvgIpc) is 2.85. The first-order valence-electron chi connectivity index (χ1n) is 6.22. The Labute approximate surface area is 111 Å². The summed E-state index contributed by atoms with van der Waals surface area (Å²) in [5, 5.41) is 12.7. The molecule has 19 heavy (non-hydrogen) atoms. The minimum absolute atomic E-state index is 0.239. The second kappa shape index (κ2) is 5.65. The molecule has 0 aliphatic heterocycles. The van der Waals surface area contributed by atoms with Gasteiger partial charge in [-0.15, -0.1) is 0 Å². The maximum Gasteiger partial charge on any atom is 0.335 e. The maximum absolute atomic E-state index is 10.8. The number of carbonyl (C=O) groups is 1.